The standard InChI is InChI=1S/C13H15N7O2/c1-19(2)10-5-3-9(4-6-10)7-17-18-13-11(20(21)22)12(14)15-8-16-13/h3-8H,1-2H3,(H3,14,15,16,18)/b17-7+. The van der Waals surface area contributed by atoms with Crippen molar-refractivity contribution < 1.29 is 4.92 Å². The normalized spacial score (nSPS) is 10.6. The molecule has 0 fully saturated rings. The predicted molar refractivity (Wildman–Crippen MR) is 85.1 cm³/mol. The van der Waals surface area contributed by atoms with Crippen LogP contribution in [-0.2, 0) is 0 Å². The molecular weight excluding hydrogens is 286 g/mol. The van der Waals surface area contributed by atoms with Gasteiger partial charge in [-0.3, -0.25) is 15.5 Å². The van der Waals surface area contributed by atoms with Crippen LogP contribution in [0.3, 0.4) is 0 Å². The number of aromatic nitrogens is 2. The monoisotopic (exact) mass is 301 g/mol. The van der Waals surface area contributed by atoms with Crippen LogP contribution in [0.1, 0.15) is 5.56 Å². The van der Waals surface area contributed by atoms with Gasteiger partial charge >= 0.3 is 5.69 Å². The minimum Gasteiger partial charge on any atom is -0.378 e. The largest absolute Gasteiger partial charge is 0.378 e. The van der Waals surface area contributed by atoms with Crippen molar-refractivity contribution in [2.75, 3.05) is 30.2 Å². The van der Waals surface area contributed by atoms with Crippen LogP contribution >= 0.6 is 0 Å². The topological polar surface area (TPSA) is 123 Å². The van der Waals surface area contributed by atoms with Crippen molar-refractivity contribution in [3.63, 3.8) is 0 Å². The van der Waals surface area contributed by atoms with Gasteiger partial charge in [0.1, 0.15) is 6.33 Å². The second-order valence-corrected chi connectivity index (χ2v) is 4.57. The third-order valence-corrected chi connectivity index (χ3v) is 2.83. The number of benzene rings is 1. The number of nitrogen functional groups attached to an aromatic ring is 1. The average molecular weight is 301 g/mol. The summed E-state index contributed by atoms with van der Waals surface area (Å²) in [5.74, 6) is -0.272. The van der Waals surface area contributed by atoms with Gasteiger partial charge in [0.2, 0.25) is 11.6 Å². The fourth-order valence-corrected chi connectivity index (χ4v) is 1.68. The fraction of sp³-hybridized carbons (Fsp3) is 0.154. The minimum absolute atomic E-state index is 0.0568. The number of nitrogens with one attached hydrogen (secondary N) is 1. The highest BCUT2D eigenvalue weighted by Crippen LogP contribution is 2.26. The molecule has 114 valence electrons. The Kier molecular flexibility index (Phi) is 4.47. The van der Waals surface area contributed by atoms with E-state index in [4.69, 9.17) is 5.73 Å². The summed E-state index contributed by atoms with van der Waals surface area (Å²) in [5.41, 5.74) is 9.46. The molecule has 0 saturated carbocycles. The number of nitrogens with two attached hydrogens (primary N) is 1. The molecule has 3 N–H and O–H groups in total. The summed E-state index contributed by atoms with van der Waals surface area (Å²) in [5, 5.41) is 14.9. The summed E-state index contributed by atoms with van der Waals surface area (Å²) in [4.78, 5) is 19.6. The van der Waals surface area contributed by atoms with Crippen LogP contribution in [0.15, 0.2) is 35.7 Å². The molecule has 2 rings (SSSR count). The van der Waals surface area contributed by atoms with Crippen LogP contribution in [0.5, 0.6) is 0 Å². The highest BCUT2D eigenvalue weighted by Gasteiger charge is 2.20. The maximum Gasteiger partial charge on any atom is 0.354 e. The lowest BCUT2D eigenvalue weighted by Gasteiger charge is -2.11. The molecule has 22 heavy (non-hydrogen) atoms. The van der Waals surface area contributed by atoms with E-state index in [1.54, 1.807) is 0 Å². The highest BCUT2D eigenvalue weighted by molar-refractivity contribution is 5.81. The first kappa shape index (κ1) is 15.2. The number of rotatable bonds is 5. The third-order valence-electron chi connectivity index (χ3n) is 2.83. The van der Waals surface area contributed by atoms with Gasteiger partial charge in [0.15, 0.2) is 0 Å². The SMILES string of the molecule is CN(C)c1ccc(/C=N/Nc2ncnc(N)c2[N+](=O)[O-])cc1. The molecule has 2 aromatic rings. The first-order valence-corrected chi connectivity index (χ1v) is 6.30. The molecule has 0 aliphatic rings. The summed E-state index contributed by atoms with van der Waals surface area (Å²) < 4.78 is 0. The van der Waals surface area contributed by atoms with Gasteiger partial charge in [-0.2, -0.15) is 5.10 Å². The minimum atomic E-state index is -0.654. The summed E-state index contributed by atoms with van der Waals surface area (Å²) in [6.45, 7) is 0. The zero-order valence-corrected chi connectivity index (χ0v) is 12.1. The van der Waals surface area contributed by atoms with Crippen molar-refractivity contribution in [2.24, 2.45) is 5.10 Å². The maximum absolute atomic E-state index is 10.9. The zero-order valence-electron chi connectivity index (χ0n) is 12.1. The Hall–Kier alpha value is -3.23. The molecule has 1 aromatic heterocycles. The molecule has 0 aliphatic heterocycles. The van der Waals surface area contributed by atoms with Crippen LogP contribution in [0.25, 0.3) is 0 Å². The Bertz CT molecular complexity index is 698. The maximum atomic E-state index is 10.9. The molecule has 0 unspecified atom stereocenters. The van der Waals surface area contributed by atoms with Gasteiger partial charge in [0, 0.05) is 19.8 Å². The second-order valence-electron chi connectivity index (χ2n) is 4.57. The molecule has 0 saturated heterocycles. The highest BCUT2D eigenvalue weighted by atomic mass is 16.6. The summed E-state index contributed by atoms with van der Waals surface area (Å²) in [6.07, 6.45) is 2.66. The average Bonchev–Trinajstić information content (AvgIpc) is 2.47. The third kappa shape index (κ3) is 3.45. The fourth-order valence-electron chi connectivity index (χ4n) is 1.68. The van der Waals surface area contributed by atoms with Crippen molar-refractivity contribution in [2.45, 2.75) is 0 Å². The first-order chi connectivity index (χ1) is 10.5. The van der Waals surface area contributed by atoms with Gasteiger partial charge in [0.05, 0.1) is 11.1 Å². The predicted octanol–water partition coefficient (Wildman–Crippen LogP) is 1.48. The zero-order chi connectivity index (χ0) is 16.1. The van der Waals surface area contributed by atoms with E-state index in [1.807, 2.05) is 43.3 Å². The Morgan fingerprint density at radius 3 is 2.59 bits per heavy atom. The number of anilines is 3. The van der Waals surface area contributed by atoms with Crippen LogP contribution in [-0.4, -0.2) is 35.2 Å². The molecule has 0 bridgehead atoms. The van der Waals surface area contributed by atoms with E-state index in [0.717, 1.165) is 17.6 Å². The number of hydrazone groups is 1. The molecule has 1 aromatic carbocycles. The molecule has 0 atom stereocenters. The molecule has 0 amide bonds. The van der Waals surface area contributed by atoms with Gasteiger partial charge in [0.25, 0.3) is 0 Å². The van der Waals surface area contributed by atoms with E-state index in [0.29, 0.717) is 0 Å². The van der Waals surface area contributed by atoms with E-state index in [1.165, 1.54) is 6.21 Å². The summed E-state index contributed by atoms with van der Waals surface area (Å²) in [6, 6.07) is 7.63. The Balaban J connectivity index is 2.13. The molecular formula is C13H15N7O2. The molecule has 0 aliphatic carbocycles. The van der Waals surface area contributed by atoms with Crippen LogP contribution in [0.4, 0.5) is 23.0 Å². The van der Waals surface area contributed by atoms with Gasteiger partial charge in [-0.1, -0.05) is 12.1 Å². The second kappa shape index (κ2) is 6.48. The van der Waals surface area contributed by atoms with Crippen molar-refractivity contribution in [1.29, 1.82) is 0 Å². The Labute approximate surface area is 126 Å². The lowest BCUT2D eigenvalue weighted by Crippen LogP contribution is -2.08. The number of nitrogens with zero attached hydrogens (tertiary/aromatic N) is 5. The molecule has 9 heteroatoms. The van der Waals surface area contributed by atoms with E-state index in [2.05, 4.69) is 20.5 Å². The summed E-state index contributed by atoms with van der Waals surface area (Å²) >= 11 is 0. The number of hydrogen-bond acceptors (Lipinski definition) is 8. The Morgan fingerprint density at radius 2 is 2.00 bits per heavy atom. The van der Waals surface area contributed by atoms with Crippen LogP contribution in [0, 0.1) is 10.1 Å². The van der Waals surface area contributed by atoms with E-state index < -0.39 is 10.6 Å². The van der Waals surface area contributed by atoms with Crippen molar-refractivity contribution in [3.8, 4) is 0 Å². The van der Waals surface area contributed by atoms with E-state index in [-0.39, 0.29) is 11.6 Å². The van der Waals surface area contributed by atoms with E-state index in [9.17, 15) is 10.1 Å². The van der Waals surface area contributed by atoms with Gasteiger partial charge < -0.3 is 10.6 Å². The van der Waals surface area contributed by atoms with Crippen LogP contribution < -0.4 is 16.1 Å². The molecule has 1 heterocycles. The molecule has 0 radical (unpaired) electrons. The Morgan fingerprint density at radius 1 is 1.32 bits per heavy atom. The molecule has 0 spiro atoms. The summed E-state index contributed by atoms with van der Waals surface area (Å²) in [7, 11) is 3.90. The number of hydrogen-bond donors (Lipinski definition) is 2. The quantitative estimate of drug-likeness (QED) is 0.487. The van der Waals surface area contributed by atoms with E-state index >= 15 is 0 Å². The lowest BCUT2D eigenvalue weighted by molar-refractivity contribution is -0.383. The van der Waals surface area contributed by atoms with Gasteiger partial charge in [-0.15, -0.1) is 0 Å². The van der Waals surface area contributed by atoms with Crippen molar-refractivity contribution in [3.05, 3.63) is 46.3 Å². The lowest BCUT2D eigenvalue weighted by atomic mass is 10.2. The number of nitro groups is 1. The smallest absolute Gasteiger partial charge is 0.354 e. The van der Waals surface area contributed by atoms with Crippen molar-refractivity contribution >= 4 is 29.2 Å². The molecule has 9 nitrogen and oxygen atoms in total. The van der Waals surface area contributed by atoms with Gasteiger partial charge in [-0.05, 0) is 17.7 Å². The first-order valence-electron chi connectivity index (χ1n) is 6.30. The van der Waals surface area contributed by atoms with Crippen LogP contribution in [0.2, 0.25) is 0 Å². The van der Waals surface area contributed by atoms with Crippen molar-refractivity contribution in [1.82, 2.24) is 9.97 Å². The van der Waals surface area contributed by atoms with Gasteiger partial charge in [-0.25, -0.2) is 9.97 Å².